The van der Waals surface area contributed by atoms with Crippen LogP contribution in [-0.2, 0) is 13.6 Å². The number of aliphatic imine (C=N–C) groups is 1. The predicted molar refractivity (Wildman–Crippen MR) is 95.7 cm³/mol. The molecule has 2 rings (SSSR count). The fourth-order valence-corrected chi connectivity index (χ4v) is 2.19. The summed E-state index contributed by atoms with van der Waals surface area (Å²) in [6.07, 6.45) is 1.80. The molecule has 24 heavy (non-hydrogen) atoms. The van der Waals surface area contributed by atoms with Crippen LogP contribution in [0.2, 0.25) is 0 Å². The smallest absolute Gasteiger partial charge is 0.193 e. The summed E-state index contributed by atoms with van der Waals surface area (Å²) in [6, 6.07) is 5.58. The summed E-state index contributed by atoms with van der Waals surface area (Å²) < 4.78 is 12.9. The van der Waals surface area contributed by atoms with E-state index in [1.165, 1.54) is 0 Å². The number of nitrogens with one attached hydrogen (secondary N) is 1. The molecule has 3 N–H and O–H groups in total. The van der Waals surface area contributed by atoms with Crippen LogP contribution in [0.3, 0.4) is 0 Å². The Hall–Kier alpha value is -2.70. The molecule has 0 saturated heterocycles. The van der Waals surface area contributed by atoms with Crippen molar-refractivity contribution in [3.63, 3.8) is 0 Å². The van der Waals surface area contributed by atoms with Crippen molar-refractivity contribution in [3.8, 4) is 11.5 Å². The maximum Gasteiger partial charge on any atom is 0.193 e. The first kappa shape index (κ1) is 17.7. The lowest BCUT2D eigenvalue weighted by Crippen LogP contribution is -2.23. The number of anilines is 1. The number of nitrogens with two attached hydrogens (primary N) is 1. The Bertz CT molecular complexity index is 709. The zero-order valence-electron chi connectivity index (χ0n) is 14.7. The molecule has 7 heteroatoms. The summed E-state index contributed by atoms with van der Waals surface area (Å²) >= 11 is 0. The Balaban J connectivity index is 2.13. The number of hydrogen-bond donors (Lipinski definition) is 2. The Kier molecular flexibility index (Phi) is 6.06. The maximum absolute atomic E-state index is 6.01. The highest BCUT2D eigenvalue weighted by Gasteiger charge is 2.08. The number of hydrogen-bond acceptors (Lipinski definition) is 4. The van der Waals surface area contributed by atoms with Crippen LogP contribution in [0.1, 0.15) is 25.1 Å². The highest BCUT2D eigenvalue weighted by molar-refractivity contribution is 5.94. The Labute approximate surface area is 142 Å². The molecule has 130 valence electrons. The van der Waals surface area contributed by atoms with Crippen molar-refractivity contribution in [2.75, 3.05) is 18.5 Å². The summed E-state index contributed by atoms with van der Waals surface area (Å²) in [5.41, 5.74) is 8.85. The first-order chi connectivity index (χ1) is 11.5. The van der Waals surface area contributed by atoms with E-state index in [1.807, 2.05) is 50.7 Å². The molecule has 0 saturated carbocycles. The van der Waals surface area contributed by atoms with Gasteiger partial charge in [-0.05, 0) is 32.9 Å². The van der Waals surface area contributed by atoms with Gasteiger partial charge in [0, 0.05) is 24.4 Å². The van der Waals surface area contributed by atoms with Crippen molar-refractivity contribution in [1.29, 1.82) is 0 Å². The highest BCUT2D eigenvalue weighted by atomic mass is 16.5. The number of aryl methyl sites for hydroxylation is 1. The van der Waals surface area contributed by atoms with Crippen LogP contribution in [-0.4, -0.2) is 29.0 Å². The van der Waals surface area contributed by atoms with Gasteiger partial charge in [-0.2, -0.15) is 5.10 Å². The van der Waals surface area contributed by atoms with Crippen LogP contribution >= 0.6 is 0 Å². The quantitative estimate of drug-likeness (QED) is 0.601. The molecule has 0 unspecified atom stereocenters. The van der Waals surface area contributed by atoms with Crippen LogP contribution in [0.5, 0.6) is 11.5 Å². The second kappa shape index (κ2) is 8.24. The van der Waals surface area contributed by atoms with Gasteiger partial charge in [-0.3, -0.25) is 4.68 Å². The van der Waals surface area contributed by atoms with Crippen LogP contribution in [0.4, 0.5) is 5.69 Å². The van der Waals surface area contributed by atoms with Gasteiger partial charge in [0.1, 0.15) is 11.5 Å². The molecule has 1 aromatic carbocycles. The first-order valence-corrected chi connectivity index (χ1v) is 7.99. The van der Waals surface area contributed by atoms with Crippen molar-refractivity contribution in [2.24, 2.45) is 17.8 Å². The van der Waals surface area contributed by atoms with Crippen molar-refractivity contribution >= 4 is 11.6 Å². The minimum atomic E-state index is 0.313. The lowest BCUT2D eigenvalue weighted by Gasteiger charge is -2.14. The molecule has 0 aliphatic heterocycles. The monoisotopic (exact) mass is 331 g/mol. The second-order valence-electron chi connectivity index (χ2n) is 5.23. The van der Waals surface area contributed by atoms with E-state index in [-0.39, 0.29) is 0 Å². The molecule has 0 spiro atoms. The molecule has 2 aromatic rings. The first-order valence-electron chi connectivity index (χ1n) is 7.99. The topological polar surface area (TPSA) is 86.7 Å². The minimum Gasteiger partial charge on any atom is -0.494 e. The molecule has 1 aromatic heterocycles. The molecule has 0 aliphatic rings. The van der Waals surface area contributed by atoms with E-state index in [0.29, 0.717) is 31.5 Å². The largest absolute Gasteiger partial charge is 0.494 e. The van der Waals surface area contributed by atoms with E-state index < -0.39 is 0 Å². The normalized spacial score (nSPS) is 11.4. The fraction of sp³-hybridized carbons (Fsp3) is 0.412. The molecule has 7 nitrogen and oxygen atoms in total. The summed E-state index contributed by atoms with van der Waals surface area (Å²) in [5.74, 6) is 1.77. The third kappa shape index (κ3) is 4.41. The summed E-state index contributed by atoms with van der Waals surface area (Å²) in [7, 11) is 1.90. The molecule has 0 amide bonds. The van der Waals surface area contributed by atoms with Crippen LogP contribution in [0, 0.1) is 6.92 Å². The van der Waals surface area contributed by atoms with E-state index in [9.17, 15) is 0 Å². The third-order valence-corrected chi connectivity index (χ3v) is 3.58. The molecule has 0 aliphatic carbocycles. The zero-order chi connectivity index (χ0) is 17.5. The van der Waals surface area contributed by atoms with Gasteiger partial charge in [0.2, 0.25) is 0 Å². The number of nitrogens with zero attached hydrogens (tertiary/aromatic N) is 3. The van der Waals surface area contributed by atoms with E-state index in [0.717, 1.165) is 22.7 Å². The lowest BCUT2D eigenvalue weighted by molar-refractivity contribution is 0.332. The van der Waals surface area contributed by atoms with Crippen molar-refractivity contribution in [2.45, 2.75) is 27.3 Å². The Morgan fingerprint density at radius 3 is 2.67 bits per heavy atom. The van der Waals surface area contributed by atoms with Gasteiger partial charge in [-0.1, -0.05) is 0 Å². The van der Waals surface area contributed by atoms with Gasteiger partial charge in [0.15, 0.2) is 5.96 Å². The van der Waals surface area contributed by atoms with E-state index in [4.69, 9.17) is 15.2 Å². The molecule has 0 fully saturated rings. The van der Waals surface area contributed by atoms with Gasteiger partial charge >= 0.3 is 0 Å². The van der Waals surface area contributed by atoms with Gasteiger partial charge < -0.3 is 20.5 Å². The van der Waals surface area contributed by atoms with Gasteiger partial charge in [0.25, 0.3) is 0 Å². The number of aromatic nitrogens is 2. The molecule has 0 atom stereocenters. The maximum atomic E-state index is 6.01. The lowest BCUT2D eigenvalue weighted by atomic mass is 10.2. The molecular weight excluding hydrogens is 306 g/mol. The van der Waals surface area contributed by atoms with Crippen molar-refractivity contribution in [1.82, 2.24) is 9.78 Å². The second-order valence-corrected chi connectivity index (χ2v) is 5.23. The Morgan fingerprint density at radius 1 is 1.29 bits per heavy atom. The number of rotatable bonds is 7. The van der Waals surface area contributed by atoms with Gasteiger partial charge in [-0.25, -0.2) is 4.99 Å². The summed E-state index contributed by atoms with van der Waals surface area (Å²) in [5, 5.41) is 7.28. The molecule has 0 bridgehead atoms. The average molecular weight is 331 g/mol. The zero-order valence-corrected chi connectivity index (χ0v) is 14.7. The molecule has 0 radical (unpaired) electrons. The average Bonchev–Trinajstić information content (AvgIpc) is 2.87. The SMILES string of the molecule is CCOc1ccc(OCC)c(NC(N)=NCc2cnn(C)c2C)c1. The van der Waals surface area contributed by atoms with Gasteiger partial charge in [0.05, 0.1) is 31.6 Å². The van der Waals surface area contributed by atoms with Crippen LogP contribution < -0.4 is 20.5 Å². The minimum absolute atomic E-state index is 0.313. The predicted octanol–water partition coefficient (Wildman–Crippen LogP) is 2.45. The fourth-order valence-electron chi connectivity index (χ4n) is 2.19. The van der Waals surface area contributed by atoms with E-state index in [2.05, 4.69) is 15.4 Å². The van der Waals surface area contributed by atoms with Crippen molar-refractivity contribution in [3.05, 3.63) is 35.7 Å². The summed E-state index contributed by atoms with van der Waals surface area (Å²) in [6.45, 7) is 7.50. The number of guanidine groups is 1. The van der Waals surface area contributed by atoms with Gasteiger partial charge in [-0.15, -0.1) is 0 Å². The van der Waals surface area contributed by atoms with Crippen molar-refractivity contribution < 1.29 is 9.47 Å². The highest BCUT2D eigenvalue weighted by Crippen LogP contribution is 2.29. The van der Waals surface area contributed by atoms with Crippen LogP contribution in [0.25, 0.3) is 0 Å². The third-order valence-electron chi connectivity index (χ3n) is 3.58. The Morgan fingerprint density at radius 2 is 2.04 bits per heavy atom. The number of ether oxygens (including phenoxy) is 2. The summed E-state index contributed by atoms with van der Waals surface area (Å²) in [4.78, 5) is 4.37. The molecular formula is C17H25N5O2. The van der Waals surface area contributed by atoms with Crippen LogP contribution in [0.15, 0.2) is 29.4 Å². The van der Waals surface area contributed by atoms with E-state index in [1.54, 1.807) is 6.20 Å². The standard InChI is InChI=1S/C17H25N5O2/c1-5-23-14-7-8-16(24-6-2)15(9-14)21-17(18)19-10-13-11-20-22(4)12(13)3/h7-9,11H,5-6,10H2,1-4H3,(H3,18,19,21). The number of benzene rings is 1. The molecule has 1 heterocycles. The van der Waals surface area contributed by atoms with E-state index >= 15 is 0 Å².